The molecule has 144 heavy (non-hydrogen) atoms. The first-order chi connectivity index (χ1) is 67.2. The fourth-order valence-corrected chi connectivity index (χ4v) is 17.4. The molecule has 0 radical (unpaired) electrons. The van der Waals surface area contributed by atoms with Crippen LogP contribution < -0.4 is 24.5 Å². The Morgan fingerprint density at radius 1 is 0.347 bits per heavy atom. The fraction of sp³-hybridized carbons (Fsp3) is 0.478. The molecule has 10 aromatic rings. The number of fused-ring (bicyclic) bond motifs is 5. The van der Waals surface area contributed by atoms with Gasteiger partial charge in [-0.15, -0.1) is 11.6 Å². The van der Waals surface area contributed by atoms with Crippen LogP contribution in [0.1, 0.15) is 149 Å². The van der Waals surface area contributed by atoms with Crippen LogP contribution in [0, 0.1) is 29.1 Å². The summed E-state index contributed by atoms with van der Waals surface area (Å²) in [6.45, 7) is 36.5. The molecule has 10 heterocycles. The monoisotopic (exact) mass is 2440 g/mol. The van der Waals surface area contributed by atoms with E-state index in [1.165, 1.54) is 13.0 Å². The molecule has 0 aliphatic carbocycles. The number of aromatic nitrogens is 10. The number of carboxylic acid groups (broad SMARTS) is 1. The molecule has 0 unspecified atom stereocenters. The molecule has 5 aliphatic heterocycles. The number of aliphatic hydroxyl groups excluding tert-OH is 1. The van der Waals surface area contributed by atoms with Crippen LogP contribution in [-0.2, 0) is 52.3 Å². The van der Waals surface area contributed by atoms with Crippen molar-refractivity contribution in [3.05, 3.63) is 136 Å². The lowest BCUT2D eigenvalue weighted by molar-refractivity contribution is -0.142. The number of halogens is 16. The maximum absolute atomic E-state index is 14.9. The first-order valence-electron chi connectivity index (χ1n) is 44.6. The van der Waals surface area contributed by atoms with Crippen molar-refractivity contribution in [1.29, 1.82) is 0 Å². The van der Waals surface area contributed by atoms with Crippen molar-refractivity contribution in [3.63, 3.8) is 0 Å². The minimum absolute atomic E-state index is 0.00222. The van der Waals surface area contributed by atoms with E-state index < -0.39 is 87.6 Å². The zero-order valence-corrected chi connectivity index (χ0v) is 93.3. The number of carbonyl (C=O) groups excluding carboxylic acids is 7. The average molecular weight is 2450 g/mol. The Bertz CT molecular complexity index is 6430. The predicted molar refractivity (Wildman–Crippen MR) is 554 cm³/mol. The number of nitrogens with zero attached hydrogens (tertiary/aromatic N) is 20. The highest BCUT2D eigenvalue weighted by atomic mass is 79.9. The first kappa shape index (κ1) is 115. The summed E-state index contributed by atoms with van der Waals surface area (Å²) in [6, 6.07) is 7.88. The lowest BCUT2D eigenvalue weighted by atomic mass is 10.2. The largest absolute Gasteiger partial charge is 0.475 e. The summed E-state index contributed by atoms with van der Waals surface area (Å²) in [7, 11) is 0. The van der Waals surface area contributed by atoms with Crippen LogP contribution in [0.3, 0.4) is 0 Å². The van der Waals surface area contributed by atoms with Gasteiger partial charge in [-0.25, -0.2) is 101 Å². The van der Waals surface area contributed by atoms with Crippen molar-refractivity contribution in [1.82, 2.24) is 74.3 Å². The molecule has 5 amide bonds. The van der Waals surface area contributed by atoms with Crippen molar-refractivity contribution < 1.29 is 98.9 Å². The van der Waals surface area contributed by atoms with Gasteiger partial charge in [0.25, 0.3) is 0 Å². The minimum Gasteiger partial charge on any atom is -0.475 e. The van der Waals surface area contributed by atoms with Crippen LogP contribution in [0.5, 0.6) is 0 Å². The number of piperazine rings is 5. The van der Waals surface area contributed by atoms with Gasteiger partial charge in [0.15, 0.2) is 59.5 Å². The number of alkyl halides is 1. The number of esters is 1. The SMILES string of the molecule is CC(=O)OCc1nc(N2CCN(C(=O)OC(C)(C)C)CC2)c2cc(Cl)c(Br)c(F)c2n1.CC(C)(C)OC(=O)N1CCN(c2nc(C(=O)O)nc3c(F)c(Br)c(Cl)cc23)CC1.CC(C)(C)OC(=O)N1CCN(c2nc(C=O)nc3c(F)c(Br)c(Cl)cc23)CC1.CC(C)(C)OC(=O)N1CCN(c2nc(CCl)nc3c(F)c(Br)c(Cl)cc23)CC1.CC(C)(C)OC(=O)N1CCN(c2nc(CO)nc3c(F)c(Br)c(Cl)cc23)CC1. The standard InChI is InChI=1S/C20H23BrClFN4O4.C18H20BrCl2FN4O2.C18H19BrClFN4O4.C18H21BrClFN4O3.C18H19BrClFN4O3/c1-11(28)30-10-14-24-17-12(9-13(22)15(21)16(17)23)18(25-14)26-5-7-27(8-6-26)19(29)31-20(2,3)4;1-18(2,3)28-17(27)26-6-4-25(5-7-26)16-10-8-11(21)13(19)14(22)15(10)23-12(9-20)24-16;1-18(2,3)29-17(28)25-6-4-24(5-7-25)15-9-8-10(20)11(19)12(21)13(9)22-14(23-15)16(26)27;2*1-18(2,3)28-17(27)25-6-4-24(5-7-25)16-10-8-11(20)13(19)14(21)15(10)22-12(9-26)23-16/h9H,5-8,10H2,1-4H3;8H,4-7,9H2,1-3H3;8H,4-7H2,1-3H3,(H,26,27);8,26H,4-7,9H2,1-3H3;8-9H,4-7H2,1-3H3. The molecule has 5 fully saturated rings. The molecule has 15 rings (SSSR count). The number of carboxylic acids is 1. The summed E-state index contributed by atoms with van der Waals surface area (Å²) >= 11 is 52.1. The van der Waals surface area contributed by atoms with Gasteiger partial charge in [0.05, 0.1) is 53.4 Å². The van der Waals surface area contributed by atoms with Crippen molar-refractivity contribution in [2.24, 2.45) is 0 Å². The quantitative estimate of drug-likeness (QED) is 0.0303. The zero-order valence-electron chi connectivity index (χ0n) is 80.8. The Hall–Kier alpha value is -9.49. The second-order valence-electron chi connectivity index (χ2n) is 37.8. The van der Waals surface area contributed by atoms with Gasteiger partial charge in [0, 0.05) is 165 Å². The van der Waals surface area contributed by atoms with Gasteiger partial charge in [0.1, 0.15) is 97.1 Å². The smallest absolute Gasteiger partial charge is 0.410 e. The van der Waals surface area contributed by atoms with Gasteiger partial charge >= 0.3 is 42.4 Å². The van der Waals surface area contributed by atoms with Gasteiger partial charge in [0.2, 0.25) is 5.82 Å². The van der Waals surface area contributed by atoms with E-state index in [2.05, 4.69) is 129 Å². The molecule has 778 valence electrons. The van der Waals surface area contributed by atoms with Gasteiger partial charge < -0.3 is 87.6 Å². The number of anilines is 5. The molecule has 5 aromatic heterocycles. The van der Waals surface area contributed by atoms with Gasteiger partial charge in [-0.05, 0) is 214 Å². The predicted octanol–water partition coefficient (Wildman–Crippen LogP) is 21.0. The lowest BCUT2D eigenvalue weighted by Crippen LogP contribution is -2.50. The fourth-order valence-electron chi connectivity index (χ4n) is 14.8. The highest BCUT2D eigenvalue weighted by Crippen LogP contribution is 2.43. The molecule has 0 atom stereocenters. The molecule has 0 spiro atoms. The summed E-state index contributed by atoms with van der Waals surface area (Å²) < 4.78 is 106. The third-order valence-electron chi connectivity index (χ3n) is 21.3. The Balaban J connectivity index is 0.000000172. The summed E-state index contributed by atoms with van der Waals surface area (Å²) in [5, 5.41) is 21.8. The first-order valence-corrected chi connectivity index (χ1v) is 51.0. The number of benzene rings is 5. The summed E-state index contributed by atoms with van der Waals surface area (Å²) in [5.74, 6) is -2.87. The number of aliphatic hydroxyl groups is 1. The number of aldehydes is 1. The molecule has 5 aromatic carbocycles. The number of aromatic carboxylic acids is 1. The van der Waals surface area contributed by atoms with Crippen molar-refractivity contribution in [2.75, 3.05) is 155 Å². The normalized spacial score (nSPS) is 15.0. The van der Waals surface area contributed by atoms with Crippen molar-refractivity contribution >= 4 is 282 Å². The molecule has 52 heteroatoms. The van der Waals surface area contributed by atoms with Crippen LogP contribution >= 0.6 is 149 Å². The Morgan fingerprint density at radius 2 is 0.569 bits per heavy atom. The maximum atomic E-state index is 14.9. The van der Waals surface area contributed by atoms with Crippen molar-refractivity contribution in [3.8, 4) is 0 Å². The third-order valence-corrected chi connectivity index (χ3v) is 28.1. The minimum atomic E-state index is -1.37. The topological polar surface area (TPSA) is 394 Å². The molecule has 5 saturated heterocycles. The lowest BCUT2D eigenvalue weighted by Gasteiger charge is -2.36. The van der Waals surface area contributed by atoms with Crippen molar-refractivity contribution in [2.45, 2.75) is 158 Å². The van der Waals surface area contributed by atoms with E-state index in [4.69, 9.17) is 98.0 Å². The van der Waals surface area contributed by atoms with E-state index in [0.29, 0.717) is 193 Å². The summed E-state index contributed by atoms with van der Waals surface area (Å²) in [4.78, 5) is 155. The highest BCUT2D eigenvalue weighted by molar-refractivity contribution is 9.11. The van der Waals surface area contributed by atoms with Gasteiger partial charge in [-0.2, -0.15) is 0 Å². The van der Waals surface area contributed by atoms with Crippen LogP contribution in [0.4, 0.5) is 75.0 Å². The number of carbonyl (C=O) groups is 8. The van der Waals surface area contributed by atoms with Gasteiger partial charge in [-0.3, -0.25) is 9.59 Å². The average Bonchev–Trinajstić information content (AvgIpc) is 0.770. The third kappa shape index (κ3) is 29.1. The molecular weight excluding hydrogens is 2350 g/mol. The Kier molecular flexibility index (Phi) is 38.1. The van der Waals surface area contributed by atoms with E-state index in [9.17, 15) is 70.5 Å². The molecule has 0 bridgehead atoms. The highest BCUT2D eigenvalue weighted by Gasteiger charge is 2.37. The molecular formula is C92H102Br5Cl6F5N20O16. The summed E-state index contributed by atoms with van der Waals surface area (Å²) in [5.41, 5.74) is -2.68. The Labute approximate surface area is 896 Å². The molecule has 2 N–H and O–H groups in total. The number of hydrogen-bond donors (Lipinski definition) is 2. The number of ether oxygens (including phenoxy) is 6. The second kappa shape index (κ2) is 47.8. The molecule has 0 saturated carbocycles. The van der Waals surface area contributed by atoms with Crippen LogP contribution in [0.2, 0.25) is 25.1 Å². The van der Waals surface area contributed by atoms with Gasteiger partial charge in [-0.1, -0.05) is 58.0 Å². The van der Waals surface area contributed by atoms with E-state index in [0.717, 1.165) is 0 Å². The zero-order chi connectivity index (χ0) is 106. The molecule has 36 nitrogen and oxygen atoms in total. The number of rotatable bonds is 11. The Morgan fingerprint density at radius 3 is 0.806 bits per heavy atom. The second-order valence-corrected chi connectivity index (χ2v) is 44.1. The molecule has 5 aliphatic rings. The van der Waals surface area contributed by atoms with E-state index in [1.807, 2.05) is 103 Å². The van der Waals surface area contributed by atoms with Crippen LogP contribution in [-0.4, -0.2) is 292 Å². The number of amides is 5. The van der Waals surface area contributed by atoms with E-state index in [-0.39, 0.29) is 135 Å². The summed E-state index contributed by atoms with van der Waals surface area (Å²) in [6.07, 6.45) is -1.43. The van der Waals surface area contributed by atoms with E-state index in [1.54, 1.807) is 74.4 Å². The van der Waals surface area contributed by atoms with Crippen LogP contribution in [0.25, 0.3) is 54.5 Å². The number of hydrogen-bond acceptors (Lipinski definition) is 30. The maximum Gasteiger partial charge on any atom is 0.410 e. The van der Waals surface area contributed by atoms with Crippen LogP contribution in [0.15, 0.2) is 52.7 Å². The van der Waals surface area contributed by atoms with E-state index >= 15 is 0 Å².